The van der Waals surface area contributed by atoms with Gasteiger partial charge in [0.05, 0.1) is 22.4 Å². The molecule has 0 saturated heterocycles. The fourth-order valence-corrected chi connectivity index (χ4v) is 14.6. The molecule has 442 valence electrons. The topological polar surface area (TPSA) is 35.6 Å². The lowest BCUT2D eigenvalue weighted by molar-refractivity contribution is 0.590. The summed E-state index contributed by atoms with van der Waals surface area (Å²) in [6.07, 6.45) is 0. The van der Waals surface area contributed by atoms with Gasteiger partial charge in [-0.3, -0.25) is 0 Å². The maximum atomic E-state index is 5.90. The molecule has 3 aromatic heterocycles. The summed E-state index contributed by atoms with van der Waals surface area (Å²) in [6, 6.07) is 88.9. The molecular weight excluding hydrogens is 1100 g/mol. The van der Waals surface area contributed by atoms with E-state index in [2.05, 4.69) is 329 Å². The smallest absolute Gasteiger partial charge is 0.252 e. The van der Waals surface area contributed by atoms with Crippen LogP contribution in [-0.4, -0.2) is 25.8 Å². The highest BCUT2D eigenvalue weighted by molar-refractivity contribution is 7.00. The number of fused-ring (bicyclic) bond motifs is 10. The first-order chi connectivity index (χ1) is 43.6. The summed E-state index contributed by atoms with van der Waals surface area (Å²) in [6.45, 7) is 28.2. The normalized spacial score (nSPS) is 13.0. The van der Waals surface area contributed by atoms with Crippen molar-refractivity contribution in [2.75, 3.05) is 0 Å². The van der Waals surface area contributed by atoms with Gasteiger partial charge in [-0.2, -0.15) is 0 Å². The maximum Gasteiger partial charge on any atom is 0.252 e. The van der Waals surface area contributed by atoms with Crippen LogP contribution < -0.4 is 16.4 Å². The molecule has 91 heavy (non-hydrogen) atoms. The van der Waals surface area contributed by atoms with E-state index in [1.165, 1.54) is 93.6 Å². The van der Waals surface area contributed by atoms with Gasteiger partial charge in [0.1, 0.15) is 0 Å². The van der Waals surface area contributed by atoms with Crippen LogP contribution in [0.4, 0.5) is 0 Å². The number of nitrogens with zero attached hydrogens (tertiary/aromatic N) is 4. The fourth-order valence-electron chi connectivity index (χ4n) is 14.6. The predicted molar refractivity (Wildman–Crippen MR) is 388 cm³/mol. The van der Waals surface area contributed by atoms with Crippen molar-refractivity contribution in [3.8, 4) is 89.8 Å². The zero-order valence-corrected chi connectivity index (χ0v) is 54.4. The van der Waals surface area contributed by atoms with E-state index in [1.807, 2.05) is 0 Å². The molecule has 0 atom stereocenters. The number of hydrogen-bond acceptors (Lipinski definition) is 2. The molecular formula is C86H75BN4. The van der Waals surface area contributed by atoms with E-state index in [0.29, 0.717) is 5.82 Å². The van der Waals surface area contributed by atoms with Gasteiger partial charge < -0.3 is 9.13 Å². The Kier molecular flexibility index (Phi) is 12.6. The van der Waals surface area contributed by atoms with Gasteiger partial charge in [0.25, 0.3) is 6.71 Å². The van der Waals surface area contributed by atoms with E-state index in [0.717, 1.165) is 72.6 Å². The molecule has 0 radical (unpaired) electrons. The van der Waals surface area contributed by atoms with Crippen molar-refractivity contribution in [2.45, 2.75) is 105 Å². The Morgan fingerprint density at radius 2 is 0.593 bits per heavy atom. The highest BCUT2D eigenvalue weighted by Crippen LogP contribution is 2.46. The highest BCUT2D eigenvalue weighted by Gasteiger charge is 2.43. The van der Waals surface area contributed by atoms with E-state index >= 15 is 0 Å². The number of benzene rings is 11. The van der Waals surface area contributed by atoms with Gasteiger partial charge in [0.2, 0.25) is 0 Å². The molecule has 4 nitrogen and oxygen atoms in total. The lowest BCUT2D eigenvalue weighted by atomic mass is 9.34. The second-order valence-electron chi connectivity index (χ2n) is 29.9. The molecule has 0 N–H and O–H groups in total. The van der Waals surface area contributed by atoms with E-state index in [9.17, 15) is 0 Å². The summed E-state index contributed by atoms with van der Waals surface area (Å²) < 4.78 is 5.29. The van der Waals surface area contributed by atoms with Crippen LogP contribution in [0.2, 0.25) is 0 Å². The van der Waals surface area contributed by atoms with E-state index in [4.69, 9.17) is 9.97 Å². The summed E-state index contributed by atoms with van der Waals surface area (Å²) in [5.41, 5.74) is 30.1. The standard InChI is InChI=1S/C86H75BN4/c1-83(2,3)63-33-35-75-67(45-63)69-47-65(85(7,8)9)49-71-80(69)90(75)77-43-61(44-78-79(77)87(71)72-50-66(86(10,11)12)48-70-68-46-64(84(4,5)6)34-36-76(68)91(78)81(70)72)74-51-73(60-39-56(52-25-17-13-18-26-52)37-57(40-60)53-27-19-14-20-28-53)88-82(89-74)62-41-58(54-29-21-15-22-30-54)38-59(42-62)55-31-23-16-24-32-55/h13-51H,1-12H3. The first-order valence-corrected chi connectivity index (χ1v) is 32.5. The third kappa shape index (κ3) is 9.41. The molecule has 2 aliphatic heterocycles. The molecule has 14 aromatic rings. The van der Waals surface area contributed by atoms with E-state index in [1.54, 1.807) is 0 Å². The number of hydrogen-bond donors (Lipinski definition) is 0. The van der Waals surface area contributed by atoms with Gasteiger partial charge in [-0.25, -0.2) is 9.97 Å². The molecule has 2 aliphatic rings. The van der Waals surface area contributed by atoms with Crippen LogP contribution in [-0.2, 0) is 21.7 Å². The number of rotatable bonds is 7. The van der Waals surface area contributed by atoms with Crippen molar-refractivity contribution < 1.29 is 0 Å². The fraction of sp³-hybridized carbons (Fsp3) is 0.186. The largest absolute Gasteiger partial charge is 0.310 e. The average molecular weight is 1180 g/mol. The summed E-state index contributed by atoms with van der Waals surface area (Å²) >= 11 is 0. The zero-order valence-electron chi connectivity index (χ0n) is 54.4. The molecule has 0 fully saturated rings. The summed E-state index contributed by atoms with van der Waals surface area (Å²) in [5.74, 6) is 0.658. The van der Waals surface area contributed by atoms with Gasteiger partial charge >= 0.3 is 0 Å². The van der Waals surface area contributed by atoms with Gasteiger partial charge in [-0.05, 0) is 196 Å². The first kappa shape index (κ1) is 56.4. The lowest BCUT2D eigenvalue weighted by Crippen LogP contribution is -2.59. The highest BCUT2D eigenvalue weighted by atomic mass is 15.0. The lowest BCUT2D eigenvalue weighted by Gasteiger charge is -2.36. The third-order valence-electron chi connectivity index (χ3n) is 19.6. The Morgan fingerprint density at radius 1 is 0.275 bits per heavy atom. The zero-order chi connectivity index (χ0) is 62.6. The Hall–Kier alpha value is -9.84. The van der Waals surface area contributed by atoms with Crippen LogP contribution >= 0.6 is 0 Å². The summed E-state index contributed by atoms with van der Waals surface area (Å²) in [5, 5.41) is 5.18. The van der Waals surface area contributed by atoms with Gasteiger partial charge in [-0.1, -0.05) is 229 Å². The second-order valence-corrected chi connectivity index (χ2v) is 29.9. The van der Waals surface area contributed by atoms with Crippen molar-refractivity contribution in [2.24, 2.45) is 0 Å². The van der Waals surface area contributed by atoms with Crippen molar-refractivity contribution in [3.63, 3.8) is 0 Å². The Bertz CT molecular complexity index is 4850. The Morgan fingerprint density at radius 3 is 0.945 bits per heavy atom. The van der Waals surface area contributed by atoms with Crippen LogP contribution in [0, 0.1) is 0 Å². The Balaban J connectivity index is 1.06. The predicted octanol–water partition coefficient (Wildman–Crippen LogP) is 20.7. The molecule has 0 saturated carbocycles. The van der Waals surface area contributed by atoms with Crippen molar-refractivity contribution in [3.05, 3.63) is 259 Å². The van der Waals surface area contributed by atoms with Crippen molar-refractivity contribution >= 4 is 66.7 Å². The SMILES string of the molecule is CC(C)(C)c1ccc2c(c1)c1cc(C(C)(C)C)cc3c1n2-c1cc(-c2cc(-c4cc(-c5ccccc5)cc(-c5ccccc5)c4)nc(-c4cc(-c5ccccc5)cc(-c5ccccc5)c4)n2)cc2c1B3c1cc(C(C)(C)C)cc3c4cc(C(C)(C)C)ccc4n-2c13. The van der Waals surface area contributed by atoms with Crippen molar-refractivity contribution in [1.82, 2.24) is 19.1 Å². The molecule has 0 bridgehead atoms. The maximum absolute atomic E-state index is 5.90. The molecule has 0 aliphatic carbocycles. The van der Waals surface area contributed by atoms with Gasteiger partial charge in [0.15, 0.2) is 5.82 Å². The first-order valence-electron chi connectivity index (χ1n) is 32.5. The second kappa shape index (κ2) is 20.3. The molecule has 0 spiro atoms. The molecule has 5 heterocycles. The summed E-state index contributed by atoms with van der Waals surface area (Å²) in [7, 11) is 0. The molecule has 11 aromatic carbocycles. The summed E-state index contributed by atoms with van der Waals surface area (Å²) in [4.78, 5) is 11.7. The molecule has 0 amide bonds. The van der Waals surface area contributed by atoms with Crippen LogP contribution in [0.5, 0.6) is 0 Å². The minimum absolute atomic E-state index is 0.0548. The van der Waals surface area contributed by atoms with Crippen LogP contribution in [0.25, 0.3) is 133 Å². The van der Waals surface area contributed by atoms with Gasteiger partial charge in [0, 0.05) is 60.6 Å². The van der Waals surface area contributed by atoms with E-state index in [-0.39, 0.29) is 28.4 Å². The van der Waals surface area contributed by atoms with Crippen LogP contribution in [0.3, 0.4) is 0 Å². The van der Waals surface area contributed by atoms with Crippen LogP contribution in [0.1, 0.15) is 105 Å². The molecule has 0 unspecified atom stereocenters. The van der Waals surface area contributed by atoms with Crippen LogP contribution in [0.15, 0.2) is 237 Å². The van der Waals surface area contributed by atoms with Crippen molar-refractivity contribution in [1.29, 1.82) is 0 Å². The van der Waals surface area contributed by atoms with Gasteiger partial charge in [-0.15, -0.1) is 0 Å². The quantitative estimate of drug-likeness (QED) is 0.149. The minimum Gasteiger partial charge on any atom is -0.310 e. The third-order valence-corrected chi connectivity index (χ3v) is 19.6. The molecule has 5 heteroatoms. The van der Waals surface area contributed by atoms with E-state index < -0.39 is 0 Å². The minimum atomic E-state index is -0.114. The number of aromatic nitrogens is 4. The molecule has 16 rings (SSSR count). The monoisotopic (exact) mass is 1170 g/mol. The average Bonchev–Trinajstić information content (AvgIpc) is 1.57. The Labute approximate surface area is 536 Å².